The van der Waals surface area contributed by atoms with Crippen LogP contribution in [-0.2, 0) is 4.79 Å². The Hall–Kier alpha value is -0.670. The van der Waals surface area contributed by atoms with Crippen LogP contribution in [-0.4, -0.2) is 42.0 Å². The molecule has 0 fully saturated rings. The maximum absolute atomic E-state index is 11.4. The van der Waals surface area contributed by atoms with Gasteiger partial charge in [0.05, 0.1) is 12.1 Å². The lowest BCUT2D eigenvalue weighted by molar-refractivity contribution is -0.126. The molecule has 0 radical (unpaired) electrons. The second-order valence-corrected chi connectivity index (χ2v) is 4.60. The molecular formula is C13H25NO2. The van der Waals surface area contributed by atoms with Crippen molar-refractivity contribution >= 4 is 5.78 Å². The highest BCUT2D eigenvalue weighted by Crippen LogP contribution is 2.16. The zero-order valence-corrected chi connectivity index (χ0v) is 11.1. The van der Waals surface area contributed by atoms with Gasteiger partial charge < -0.3 is 5.11 Å². The van der Waals surface area contributed by atoms with E-state index in [-0.39, 0.29) is 11.7 Å². The summed E-state index contributed by atoms with van der Waals surface area (Å²) in [7, 11) is 3.65. The van der Waals surface area contributed by atoms with E-state index in [4.69, 9.17) is 0 Å². The fraction of sp³-hybridized carbons (Fsp3) is 0.769. The largest absolute Gasteiger partial charge is 0.391 e. The van der Waals surface area contributed by atoms with Gasteiger partial charge in [-0.25, -0.2) is 0 Å². The van der Waals surface area contributed by atoms with Gasteiger partial charge >= 0.3 is 0 Å². The highest BCUT2D eigenvalue weighted by atomic mass is 16.3. The molecule has 0 aromatic carbocycles. The average Bonchev–Trinajstić information content (AvgIpc) is 2.16. The van der Waals surface area contributed by atoms with Crippen LogP contribution in [0.3, 0.4) is 0 Å². The van der Waals surface area contributed by atoms with Gasteiger partial charge in [0.25, 0.3) is 0 Å². The van der Waals surface area contributed by atoms with E-state index in [0.29, 0.717) is 0 Å². The molecule has 0 rings (SSSR count). The van der Waals surface area contributed by atoms with Crippen LogP contribution in [0.5, 0.6) is 0 Å². The Morgan fingerprint density at radius 2 is 1.94 bits per heavy atom. The summed E-state index contributed by atoms with van der Waals surface area (Å²) in [6, 6.07) is -0.398. The number of carbonyl (C=O) groups is 1. The molecule has 0 heterocycles. The third kappa shape index (κ3) is 4.90. The van der Waals surface area contributed by atoms with Gasteiger partial charge in [0.2, 0.25) is 0 Å². The molecule has 0 aromatic heterocycles. The molecule has 0 aliphatic heterocycles. The van der Waals surface area contributed by atoms with Crippen LogP contribution in [0.1, 0.15) is 33.6 Å². The molecule has 0 aromatic rings. The second-order valence-electron chi connectivity index (χ2n) is 4.60. The van der Waals surface area contributed by atoms with Crippen molar-refractivity contribution in [3.63, 3.8) is 0 Å². The van der Waals surface area contributed by atoms with E-state index in [1.807, 2.05) is 21.0 Å². The van der Waals surface area contributed by atoms with Gasteiger partial charge in [-0.2, -0.15) is 0 Å². The summed E-state index contributed by atoms with van der Waals surface area (Å²) in [6.45, 7) is 5.59. The molecular weight excluding hydrogens is 202 g/mol. The quantitative estimate of drug-likeness (QED) is 0.675. The number of nitrogens with zero attached hydrogens (tertiary/aromatic N) is 1. The Kier molecular flexibility index (Phi) is 7.26. The number of aliphatic hydroxyl groups excluding tert-OH is 1. The maximum atomic E-state index is 11.4. The lowest BCUT2D eigenvalue weighted by atomic mass is 9.92. The Morgan fingerprint density at radius 3 is 2.31 bits per heavy atom. The molecule has 0 saturated carbocycles. The van der Waals surface area contributed by atoms with Crippen LogP contribution in [0.15, 0.2) is 12.2 Å². The van der Waals surface area contributed by atoms with Crippen molar-refractivity contribution in [3.8, 4) is 0 Å². The first kappa shape index (κ1) is 15.3. The van der Waals surface area contributed by atoms with Crippen molar-refractivity contribution in [2.45, 2.75) is 45.8 Å². The Labute approximate surface area is 99.1 Å². The number of aliphatic hydroxyl groups is 1. The minimum absolute atomic E-state index is 0.0174. The fourth-order valence-corrected chi connectivity index (χ4v) is 1.84. The van der Waals surface area contributed by atoms with E-state index < -0.39 is 12.1 Å². The molecule has 3 nitrogen and oxygen atoms in total. The van der Waals surface area contributed by atoms with Gasteiger partial charge in [0.1, 0.15) is 5.78 Å². The smallest absolute Gasteiger partial charge is 0.149 e. The number of allylic oxidation sites excluding steroid dienone is 2. The van der Waals surface area contributed by atoms with E-state index >= 15 is 0 Å². The number of hydrogen-bond acceptors (Lipinski definition) is 3. The van der Waals surface area contributed by atoms with Crippen molar-refractivity contribution in [2.75, 3.05) is 14.1 Å². The highest BCUT2D eigenvalue weighted by Gasteiger charge is 2.29. The van der Waals surface area contributed by atoms with Crippen molar-refractivity contribution in [1.29, 1.82) is 0 Å². The van der Waals surface area contributed by atoms with Crippen molar-refractivity contribution < 1.29 is 9.90 Å². The zero-order valence-electron chi connectivity index (χ0n) is 11.1. The third-order valence-corrected chi connectivity index (χ3v) is 2.79. The third-order valence-electron chi connectivity index (χ3n) is 2.79. The van der Waals surface area contributed by atoms with Crippen molar-refractivity contribution in [3.05, 3.63) is 12.2 Å². The van der Waals surface area contributed by atoms with Crippen LogP contribution in [0.25, 0.3) is 0 Å². The summed E-state index contributed by atoms with van der Waals surface area (Å²) in [4.78, 5) is 13.2. The Balaban J connectivity index is 4.43. The topological polar surface area (TPSA) is 40.5 Å². The van der Waals surface area contributed by atoms with Crippen LogP contribution in [0.2, 0.25) is 0 Å². The average molecular weight is 227 g/mol. The predicted molar refractivity (Wildman–Crippen MR) is 67.4 cm³/mol. The standard InChI is InChI=1S/C13H25NO2/c1-6-7-8-9-10(2)13(16)12(11(3)15)14(4)5/h7-8,10,12-13,16H,6,9H2,1-5H3/b8-7+/t10-,12-,13-/m1/s1. The first-order chi connectivity index (χ1) is 7.41. The van der Waals surface area contributed by atoms with Gasteiger partial charge in [-0.15, -0.1) is 0 Å². The monoisotopic (exact) mass is 227 g/mol. The number of likely N-dealkylation sites (N-methyl/N-ethyl adjacent to an activating group) is 1. The van der Waals surface area contributed by atoms with Gasteiger partial charge in [-0.3, -0.25) is 9.69 Å². The number of hydrogen-bond donors (Lipinski definition) is 1. The first-order valence-corrected chi connectivity index (χ1v) is 5.91. The second kappa shape index (κ2) is 7.58. The first-order valence-electron chi connectivity index (χ1n) is 5.91. The molecule has 94 valence electrons. The predicted octanol–water partition coefficient (Wildman–Crippen LogP) is 1.86. The molecule has 3 heteroatoms. The maximum Gasteiger partial charge on any atom is 0.149 e. The van der Waals surface area contributed by atoms with Gasteiger partial charge in [-0.05, 0) is 39.8 Å². The normalized spacial score (nSPS) is 17.7. The van der Waals surface area contributed by atoms with Crippen LogP contribution < -0.4 is 0 Å². The summed E-state index contributed by atoms with van der Waals surface area (Å²) in [6.07, 6.45) is 5.37. The fourth-order valence-electron chi connectivity index (χ4n) is 1.84. The van der Waals surface area contributed by atoms with Gasteiger partial charge in [0, 0.05) is 0 Å². The molecule has 0 aliphatic rings. The summed E-state index contributed by atoms with van der Waals surface area (Å²) >= 11 is 0. The van der Waals surface area contributed by atoms with Crippen LogP contribution in [0, 0.1) is 5.92 Å². The van der Waals surface area contributed by atoms with Crippen molar-refractivity contribution in [2.24, 2.45) is 5.92 Å². The highest BCUT2D eigenvalue weighted by molar-refractivity contribution is 5.82. The van der Waals surface area contributed by atoms with Crippen molar-refractivity contribution in [1.82, 2.24) is 4.90 Å². The number of carbonyl (C=O) groups excluding carboxylic acids is 1. The van der Waals surface area contributed by atoms with Gasteiger partial charge in [0.15, 0.2) is 0 Å². The molecule has 1 N–H and O–H groups in total. The van der Waals surface area contributed by atoms with Crippen LogP contribution in [0.4, 0.5) is 0 Å². The van der Waals surface area contributed by atoms with E-state index in [1.54, 1.807) is 4.90 Å². The number of rotatable bonds is 7. The minimum Gasteiger partial charge on any atom is -0.391 e. The minimum atomic E-state index is -0.603. The van der Waals surface area contributed by atoms with Gasteiger partial charge in [-0.1, -0.05) is 26.0 Å². The summed E-state index contributed by atoms with van der Waals surface area (Å²) < 4.78 is 0. The Bertz CT molecular complexity index is 236. The Morgan fingerprint density at radius 1 is 1.38 bits per heavy atom. The van der Waals surface area contributed by atoms with Crippen LogP contribution >= 0.6 is 0 Å². The van der Waals surface area contributed by atoms with E-state index in [9.17, 15) is 9.90 Å². The van der Waals surface area contributed by atoms with E-state index in [1.165, 1.54) is 6.92 Å². The lowest BCUT2D eigenvalue weighted by Gasteiger charge is -2.30. The molecule has 0 spiro atoms. The molecule has 16 heavy (non-hydrogen) atoms. The van der Waals surface area contributed by atoms with E-state index in [2.05, 4.69) is 19.1 Å². The molecule has 0 bridgehead atoms. The number of Topliss-reactive ketones (excluding diaryl/α,β-unsaturated/α-hetero) is 1. The molecule has 0 unspecified atom stereocenters. The van der Waals surface area contributed by atoms with E-state index in [0.717, 1.165) is 12.8 Å². The number of ketones is 1. The summed E-state index contributed by atoms with van der Waals surface area (Å²) in [5, 5.41) is 10.1. The zero-order chi connectivity index (χ0) is 12.7. The molecule has 0 saturated heterocycles. The lowest BCUT2D eigenvalue weighted by Crippen LogP contribution is -2.47. The summed E-state index contributed by atoms with van der Waals surface area (Å²) in [5.74, 6) is 0.114. The molecule has 0 aliphatic carbocycles. The summed E-state index contributed by atoms with van der Waals surface area (Å²) in [5.41, 5.74) is 0. The SMILES string of the molecule is CC/C=C/C[C@@H](C)[C@@H](O)[C@@H](C(C)=O)N(C)C. The molecule has 0 amide bonds. The molecule has 3 atom stereocenters.